The van der Waals surface area contributed by atoms with Crippen LogP contribution in [-0.4, -0.2) is 24.3 Å². The topological polar surface area (TPSA) is 72.5 Å². The maximum Gasteiger partial charge on any atom is 0.308 e. The predicted octanol–water partition coefficient (Wildman–Crippen LogP) is 4.04. The van der Waals surface area contributed by atoms with Crippen LogP contribution < -0.4 is 5.32 Å². The van der Waals surface area contributed by atoms with Crippen LogP contribution in [0.5, 0.6) is 0 Å². The van der Waals surface area contributed by atoms with Crippen LogP contribution in [0.1, 0.15) is 38.1 Å². The number of Topliss-reactive ketones (excluding diaryl/α,β-unsaturated/α-hetero) is 1. The second-order valence-electron chi connectivity index (χ2n) is 6.07. The van der Waals surface area contributed by atoms with Crippen LogP contribution in [0.3, 0.4) is 0 Å². The van der Waals surface area contributed by atoms with Crippen LogP contribution in [0.25, 0.3) is 0 Å². The number of thiophene rings is 1. The molecule has 0 fully saturated rings. The van der Waals surface area contributed by atoms with Crippen molar-refractivity contribution in [2.75, 3.05) is 6.61 Å². The minimum Gasteiger partial charge on any atom is -0.457 e. The number of hydrogen-bond acceptors (Lipinski definition) is 5. The third-order valence-electron chi connectivity index (χ3n) is 4.07. The van der Waals surface area contributed by atoms with E-state index in [9.17, 15) is 14.4 Å². The first-order chi connectivity index (χ1) is 13.6. The van der Waals surface area contributed by atoms with E-state index in [2.05, 4.69) is 5.32 Å². The van der Waals surface area contributed by atoms with E-state index in [1.54, 1.807) is 41.8 Å². The fourth-order valence-corrected chi connectivity index (χ4v) is 3.30. The normalized spacial score (nSPS) is 11.4. The van der Waals surface area contributed by atoms with Crippen LogP contribution in [0.4, 0.5) is 0 Å². The van der Waals surface area contributed by atoms with Crippen molar-refractivity contribution in [3.63, 3.8) is 0 Å². The highest BCUT2D eigenvalue weighted by Gasteiger charge is 2.21. The molecular formula is C22H19NO4S. The van der Waals surface area contributed by atoms with Gasteiger partial charge in [-0.2, -0.15) is 0 Å². The average Bonchev–Trinajstić information content (AvgIpc) is 3.28. The van der Waals surface area contributed by atoms with Gasteiger partial charge in [0.15, 0.2) is 6.61 Å². The second kappa shape index (κ2) is 9.62. The fourth-order valence-electron chi connectivity index (χ4n) is 2.65. The molecule has 28 heavy (non-hydrogen) atoms. The van der Waals surface area contributed by atoms with Gasteiger partial charge in [0.05, 0.1) is 17.3 Å². The van der Waals surface area contributed by atoms with E-state index in [0.717, 1.165) is 5.56 Å². The van der Waals surface area contributed by atoms with Gasteiger partial charge in [-0.15, -0.1) is 11.3 Å². The molecule has 0 saturated heterocycles. The smallest absolute Gasteiger partial charge is 0.308 e. The number of ketones is 1. The largest absolute Gasteiger partial charge is 0.457 e. The Morgan fingerprint density at radius 3 is 2.21 bits per heavy atom. The molecule has 2 aromatic carbocycles. The molecule has 0 aliphatic rings. The summed E-state index contributed by atoms with van der Waals surface area (Å²) in [6, 6.07) is 20.9. The first kappa shape index (κ1) is 19.5. The van der Waals surface area contributed by atoms with Gasteiger partial charge >= 0.3 is 5.97 Å². The Bertz CT molecular complexity index is 924. The van der Waals surface area contributed by atoms with Crippen LogP contribution in [-0.2, 0) is 9.53 Å². The minimum atomic E-state index is -0.557. The van der Waals surface area contributed by atoms with Gasteiger partial charge in [-0.25, -0.2) is 0 Å². The lowest BCUT2D eigenvalue weighted by Crippen LogP contribution is -2.31. The molecule has 0 aliphatic carbocycles. The Morgan fingerprint density at radius 1 is 0.893 bits per heavy atom. The zero-order valence-electron chi connectivity index (χ0n) is 15.0. The predicted molar refractivity (Wildman–Crippen MR) is 107 cm³/mol. The standard InChI is InChI=1S/C22H19NO4S/c24-19(20-12-7-13-28-20)15-27-21(25)14-18(16-8-3-1-4-9-16)23-22(26)17-10-5-2-6-11-17/h1-13,18H,14-15H2,(H,23,26). The molecule has 1 atom stereocenters. The third kappa shape index (κ3) is 5.37. The molecule has 1 aromatic heterocycles. The summed E-state index contributed by atoms with van der Waals surface area (Å²) in [6.45, 7) is -0.312. The number of ether oxygens (including phenoxy) is 1. The van der Waals surface area contributed by atoms with Gasteiger partial charge in [0.25, 0.3) is 5.91 Å². The first-order valence-corrected chi connectivity index (χ1v) is 9.64. The molecule has 1 amide bonds. The molecule has 142 valence electrons. The lowest BCUT2D eigenvalue weighted by Gasteiger charge is -2.18. The SMILES string of the molecule is O=C(CC(NC(=O)c1ccccc1)c1ccccc1)OCC(=O)c1cccs1. The van der Waals surface area contributed by atoms with Gasteiger partial charge in [-0.1, -0.05) is 54.6 Å². The molecule has 1 heterocycles. The molecule has 0 radical (unpaired) electrons. The van der Waals surface area contributed by atoms with Crippen LogP contribution in [0.2, 0.25) is 0 Å². The summed E-state index contributed by atoms with van der Waals surface area (Å²) in [6.07, 6.45) is -0.0691. The molecule has 0 aliphatic heterocycles. The Balaban J connectivity index is 1.64. The zero-order chi connectivity index (χ0) is 19.8. The lowest BCUT2D eigenvalue weighted by atomic mass is 10.0. The highest BCUT2D eigenvalue weighted by molar-refractivity contribution is 7.12. The molecule has 1 N–H and O–H groups in total. The van der Waals surface area contributed by atoms with Gasteiger partial charge in [0, 0.05) is 5.56 Å². The van der Waals surface area contributed by atoms with E-state index < -0.39 is 12.0 Å². The number of carbonyl (C=O) groups excluding carboxylic acids is 3. The summed E-state index contributed by atoms with van der Waals surface area (Å²) in [5, 5.41) is 4.66. The van der Waals surface area contributed by atoms with Gasteiger partial charge in [-0.05, 0) is 29.1 Å². The summed E-state index contributed by atoms with van der Waals surface area (Å²) in [4.78, 5) is 37.4. The van der Waals surface area contributed by atoms with E-state index in [0.29, 0.717) is 10.4 Å². The third-order valence-corrected chi connectivity index (χ3v) is 4.99. The van der Waals surface area contributed by atoms with Crippen molar-refractivity contribution in [2.24, 2.45) is 0 Å². The Kier molecular flexibility index (Phi) is 6.70. The van der Waals surface area contributed by atoms with Gasteiger partial charge < -0.3 is 10.1 Å². The maximum absolute atomic E-state index is 12.5. The highest BCUT2D eigenvalue weighted by atomic mass is 32.1. The van der Waals surface area contributed by atoms with E-state index in [1.807, 2.05) is 36.4 Å². The lowest BCUT2D eigenvalue weighted by molar-refractivity contribution is -0.143. The van der Waals surface area contributed by atoms with Gasteiger partial charge in [0.1, 0.15) is 0 Å². The summed E-state index contributed by atoms with van der Waals surface area (Å²) in [5.74, 6) is -1.07. The number of benzene rings is 2. The molecule has 6 heteroatoms. The molecule has 1 unspecified atom stereocenters. The van der Waals surface area contributed by atoms with Gasteiger partial charge in [-0.3, -0.25) is 14.4 Å². The molecule has 5 nitrogen and oxygen atoms in total. The molecule has 3 aromatic rings. The Labute approximate surface area is 167 Å². The highest BCUT2D eigenvalue weighted by Crippen LogP contribution is 2.18. The van der Waals surface area contributed by atoms with Crippen molar-refractivity contribution in [1.82, 2.24) is 5.32 Å². The van der Waals surface area contributed by atoms with Crippen LogP contribution in [0.15, 0.2) is 78.2 Å². The number of nitrogens with one attached hydrogen (secondary N) is 1. The molecule has 0 spiro atoms. The first-order valence-electron chi connectivity index (χ1n) is 8.76. The summed E-state index contributed by atoms with van der Waals surface area (Å²) in [7, 11) is 0. The van der Waals surface area contributed by atoms with Crippen molar-refractivity contribution in [2.45, 2.75) is 12.5 Å². The average molecular weight is 393 g/mol. The monoisotopic (exact) mass is 393 g/mol. The summed E-state index contributed by atoms with van der Waals surface area (Å²) < 4.78 is 5.13. The van der Waals surface area contributed by atoms with Gasteiger partial charge in [0.2, 0.25) is 5.78 Å². The summed E-state index contributed by atoms with van der Waals surface area (Å²) in [5.41, 5.74) is 1.29. The molecule has 0 saturated carbocycles. The van der Waals surface area contributed by atoms with Crippen molar-refractivity contribution in [1.29, 1.82) is 0 Å². The van der Waals surface area contributed by atoms with E-state index in [1.165, 1.54) is 11.3 Å². The fraction of sp³-hybridized carbons (Fsp3) is 0.136. The van der Waals surface area contributed by atoms with E-state index in [4.69, 9.17) is 4.74 Å². The van der Waals surface area contributed by atoms with Crippen molar-refractivity contribution < 1.29 is 19.1 Å². The van der Waals surface area contributed by atoms with Crippen LogP contribution >= 0.6 is 11.3 Å². The zero-order valence-corrected chi connectivity index (χ0v) is 15.9. The van der Waals surface area contributed by atoms with Crippen LogP contribution in [0, 0.1) is 0 Å². The number of carbonyl (C=O) groups is 3. The molecule has 3 rings (SSSR count). The number of rotatable bonds is 8. The van der Waals surface area contributed by atoms with Crippen molar-refractivity contribution >= 4 is 29.0 Å². The maximum atomic E-state index is 12.5. The number of esters is 1. The summed E-state index contributed by atoms with van der Waals surface area (Å²) >= 11 is 1.30. The number of amides is 1. The number of hydrogen-bond donors (Lipinski definition) is 1. The quantitative estimate of drug-likeness (QED) is 0.463. The Morgan fingerprint density at radius 2 is 1.57 bits per heavy atom. The second-order valence-corrected chi connectivity index (χ2v) is 7.02. The minimum absolute atomic E-state index is 0.0691. The molecule has 0 bridgehead atoms. The van der Waals surface area contributed by atoms with E-state index in [-0.39, 0.29) is 24.7 Å². The Hall–Kier alpha value is -3.25. The molecular weight excluding hydrogens is 374 g/mol. The van der Waals surface area contributed by atoms with E-state index >= 15 is 0 Å². The van der Waals surface area contributed by atoms with Crippen molar-refractivity contribution in [3.8, 4) is 0 Å². The van der Waals surface area contributed by atoms with Crippen molar-refractivity contribution in [3.05, 3.63) is 94.2 Å².